The third-order valence-corrected chi connectivity index (χ3v) is 3.71. The molecule has 1 heterocycles. The van der Waals surface area contributed by atoms with Crippen LogP contribution in [0, 0.1) is 0 Å². The predicted molar refractivity (Wildman–Crippen MR) is 60.6 cm³/mol. The number of thiophene rings is 1. The summed E-state index contributed by atoms with van der Waals surface area (Å²) in [6, 6.07) is 3.83. The molecule has 0 radical (unpaired) electrons. The smallest absolute Gasteiger partial charge is 0.314 e. The van der Waals surface area contributed by atoms with Crippen LogP contribution in [-0.4, -0.2) is 18.8 Å². The molecule has 0 bridgehead atoms. The van der Waals surface area contributed by atoms with Crippen LogP contribution in [0.3, 0.4) is 0 Å². The molecular formula is C8H9BrO2S2. The van der Waals surface area contributed by atoms with Gasteiger partial charge in [-0.05, 0) is 28.1 Å². The van der Waals surface area contributed by atoms with Crippen molar-refractivity contribution in [3.8, 4) is 0 Å². The van der Waals surface area contributed by atoms with Gasteiger partial charge in [-0.15, -0.1) is 11.3 Å². The van der Waals surface area contributed by atoms with Crippen molar-refractivity contribution < 1.29 is 9.53 Å². The number of carbonyl (C=O) groups is 1. The van der Waals surface area contributed by atoms with Crippen molar-refractivity contribution in [2.75, 3.05) is 12.9 Å². The maximum atomic E-state index is 11.3. The highest BCUT2D eigenvalue weighted by atomic mass is 79.9. The maximum absolute atomic E-state index is 11.3. The van der Waals surface area contributed by atoms with Crippen LogP contribution in [0.5, 0.6) is 0 Å². The molecule has 0 fully saturated rings. The Morgan fingerprint density at radius 3 is 2.85 bits per heavy atom. The second-order valence-corrected chi connectivity index (χ2v) is 5.26. The molecular weight excluding hydrogens is 272 g/mol. The number of carbonyl (C=O) groups excluding carboxylic acids is 1. The van der Waals surface area contributed by atoms with E-state index in [-0.39, 0.29) is 11.9 Å². The Bertz CT molecular complexity index is 298. The van der Waals surface area contributed by atoms with Gasteiger partial charge in [-0.3, -0.25) is 4.79 Å². The van der Waals surface area contributed by atoms with Gasteiger partial charge >= 0.3 is 5.97 Å². The van der Waals surface area contributed by atoms with E-state index in [1.165, 1.54) is 18.4 Å². The van der Waals surface area contributed by atoms with E-state index in [9.17, 15) is 4.79 Å². The summed E-state index contributed by atoms with van der Waals surface area (Å²) in [7, 11) is 1.39. The molecule has 0 saturated carbocycles. The fourth-order valence-electron chi connectivity index (χ4n) is 0.938. The van der Waals surface area contributed by atoms with E-state index in [2.05, 4.69) is 33.3 Å². The van der Waals surface area contributed by atoms with Crippen molar-refractivity contribution in [3.05, 3.63) is 20.8 Å². The Labute approximate surface area is 94.8 Å². The zero-order chi connectivity index (χ0) is 9.84. The lowest BCUT2D eigenvalue weighted by Gasteiger charge is -2.08. The van der Waals surface area contributed by atoms with E-state index in [1.807, 2.05) is 12.1 Å². The van der Waals surface area contributed by atoms with Crippen LogP contribution in [0.4, 0.5) is 0 Å². The fourth-order valence-corrected chi connectivity index (χ4v) is 2.92. The molecule has 0 aliphatic rings. The molecule has 0 aliphatic carbocycles. The molecule has 0 N–H and O–H groups in total. The molecule has 0 amide bonds. The standard InChI is InChI=1S/C8H9BrO2S2/c1-11-8(10)5(4-12)6-2-3-7(9)13-6/h2-3,5,12H,4H2,1H3. The molecule has 5 heteroatoms. The summed E-state index contributed by atoms with van der Waals surface area (Å²) in [5, 5.41) is 0. The molecule has 1 rings (SSSR count). The predicted octanol–water partition coefficient (Wildman–Crippen LogP) is 2.70. The summed E-state index contributed by atoms with van der Waals surface area (Å²) in [6.07, 6.45) is 0. The zero-order valence-electron chi connectivity index (χ0n) is 6.99. The fraction of sp³-hybridized carbons (Fsp3) is 0.375. The third kappa shape index (κ3) is 2.72. The van der Waals surface area contributed by atoms with Gasteiger partial charge in [0.15, 0.2) is 0 Å². The minimum Gasteiger partial charge on any atom is -0.469 e. The second kappa shape index (κ2) is 5.02. The van der Waals surface area contributed by atoms with E-state index in [1.54, 1.807) is 0 Å². The van der Waals surface area contributed by atoms with Gasteiger partial charge in [-0.25, -0.2) is 0 Å². The van der Waals surface area contributed by atoms with Crippen LogP contribution in [-0.2, 0) is 9.53 Å². The van der Waals surface area contributed by atoms with E-state index in [0.29, 0.717) is 5.75 Å². The van der Waals surface area contributed by atoms with Gasteiger partial charge in [0, 0.05) is 10.6 Å². The lowest BCUT2D eigenvalue weighted by Crippen LogP contribution is -2.14. The van der Waals surface area contributed by atoms with Crippen molar-refractivity contribution in [2.24, 2.45) is 0 Å². The Kier molecular flexibility index (Phi) is 4.28. The largest absolute Gasteiger partial charge is 0.469 e. The number of rotatable bonds is 3. The first-order valence-corrected chi connectivity index (χ1v) is 5.87. The van der Waals surface area contributed by atoms with Gasteiger partial charge in [-0.2, -0.15) is 12.6 Å². The normalized spacial score (nSPS) is 12.5. The molecule has 1 aromatic rings. The number of methoxy groups -OCH3 is 1. The number of esters is 1. The van der Waals surface area contributed by atoms with E-state index in [4.69, 9.17) is 0 Å². The second-order valence-electron chi connectivity index (χ2n) is 2.40. The molecule has 1 aromatic heterocycles. The summed E-state index contributed by atoms with van der Waals surface area (Å²) in [4.78, 5) is 12.3. The van der Waals surface area contributed by atoms with Crippen LogP contribution >= 0.6 is 39.9 Å². The Balaban J connectivity index is 2.84. The van der Waals surface area contributed by atoms with Crippen LogP contribution in [0.2, 0.25) is 0 Å². The SMILES string of the molecule is COC(=O)C(CS)c1ccc(Br)s1. The van der Waals surface area contributed by atoms with Gasteiger partial charge < -0.3 is 4.74 Å². The monoisotopic (exact) mass is 280 g/mol. The summed E-state index contributed by atoms with van der Waals surface area (Å²) < 4.78 is 5.68. The van der Waals surface area contributed by atoms with Gasteiger partial charge in [0.2, 0.25) is 0 Å². The molecule has 0 saturated heterocycles. The first-order valence-electron chi connectivity index (χ1n) is 3.63. The topological polar surface area (TPSA) is 26.3 Å². The lowest BCUT2D eigenvalue weighted by atomic mass is 10.1. The van der Waals surface area contributed by atoms with Gasteiger partial charge in [0.05, 0.1) is 16.8 Å². The molecule has 0 aromatic carbocycles. The molecule has 72 valence electrons. The minimum absolute atomic E-state index is 0.232. The van der Waals surface area contributed by atoms with E-state index >= 15 is 0 Å². The van der Waals surface area contributed by atoms with Crippen LogP contribution in [0.15, 0.2) is 15.9 Å². The first kappa shape index (κ1) is 11.1. The van der Waals surface area contributed by atoms with Crippen LogP contribution in [0.1, 0.15) is 10.8 Å². The molecule has 13 heavy (non-hydrogen) atoms. The average Bonchev–Trinajstić information content (AvgIpc) is 2.53. The Morgan fingerprint density at radius 2 is 2.46 bits per heavy atom. The number of halogens is 1. The number of hydrogen-bond donors (Lipinski definition) is 1. The number of thiol groups is 1. The average molecular weight is 281 g/mol. The molecule has 0 spiro atoms. The zero-order valence-corrected chi connectivity index (χ0v) is 10.3. The minimum atomic E-state index is -0.246. The van der Waals surface area contributed by atoms with Crippen molar-refractivity contribution in [1.82, 2.24) is 0 Å². The lowest BCUT2D eigenvalue weighted by molar-refractivity contribution is -0.141. The van der Waals surface area contributed by atoms with Crippen LogP contribution < -0.4 is 0 Å². The van der Waals surface area contributed by atoms with Gasteiger partial charge in [0.25, 0.3) is 0 Å². The highest BCUT2D eigenvalue weighted by molar-refractivity contribution is 9.11. The van der Waals surface area contributed by atoms with E-state index in [0.717, 1.165) is 8.66 Å². The number of ether oxygens (including phenoxy) is 1. The van der Waals surface area contributed by atoms with Crippen LogP contribution in [0.25, 0.3) is 0 Å². The highest BCUT2D eigenvalue weighted by Crippen LogP contribution is 2.29. The summed E-state index contributed by atoms with van der Waals surface area (Å²) in [5.74, 6) is -0.00594. The Hall–Kier alpha value is -0.0000000000000000833. The molecule has 1 unspecified atom stereocenters. The van der Waals surface area contributed by atoms with Crippen molar-refractivity contribution in [2.45, 2.75) is 5.92 Å². The van der Waals surface area contributed by atoms with Gasteiger partial charge in [0.1, 0.15) is 0 Å². The summed E-state index contributed by atoms with van der Waals surface area (Å²) in [6.45, 7) is 0. The summed E-state index contributed by atoms with van der Waals surface area (Å²) in [5.41, 5.74) is 0. The third-order valence-electron chi connectivity index (χ3n) is 1.61. The maximum Gasteiger partial charge on any atom is 0.314 e. The van der Waals surface area contributed by atoms with Crippen molar-refractivity contribution in [1.29, 1.82) is 0 Å². The van der Waals surface area contributed by atoms with E-state index < -0.39 is 0 Å². The highest BCUT2D eigenvalue weighted by Gasteiger charge is 2.21. The first-order chi connectivity index (χ1) is 6.19. The number of hydrogen-bond acceptors (Lipinski definition) is 4. The summed E-state index contributed by atoms with van der Waals surface area (Å²) >= 11 is 8.99. The molecule has 0 aliphatic heterocycles. The molecule has 1 atom stereocenters. The Morgan fingerprint density at radius 1 is 1.77 bits per heavy atom. The van der Waals surface area contributed by atoms with Crippen molar-refractivity contribution >= 4 is 45.9 Å². The van der Waals surface area contributed by atoms with Crippen molar-refractivity contribution in [3.63, 3.8) is 0 Å². The molecule has 2 nitrogen and oxygen atoms in total. The van der Waals surface area contributed by atoms with Gasteiger partial charge in [-0.1, -0.05) is 0 Å². The quantitative estimate of drug-likeness (QED) is 0.681.